The highest BCUT2D eigenvalue weighted by Crippen LogP contribution is 2.29. The van der Waals surface area contributed by atoms with E-state index in [4.69, 9.17) is 9.47 Å². The van der Waals surface area contributed by atoms with Crippen molar-refractivity contribution in [3.8, 4) is 0 Å². The van der Waals surface area contributed by atoms with Crippen molar-refractivity contribution in [2.45, 2.75) is 50.7 Å². The highest BCUT2D eigenvalue weighted by molar-refractivity contribution is 5.76. The molecule has 0 aliphatic carbocycles. The molecule has 8 nitrogen and oxygen atoms in total. The smallest absolute Gasteiger partial charge is 0.433 e. The molecule has 2 fully saturated rings. The highest BCUT2D eigenvalue weighted by atomic mass is 19.4. The molecule has 0 spiro atoms. The molecule has 35 heavy (non-hydrogen) atoms. The van der Waals surface area contributed by atoms with Gasteiger partial charge in [0.05, 0.1) is 13.0 Å². The van der Waals surface area contributed by atoms with Crippen LogP contribution < -0.4 is 5.32 Å². The molecule has 0 unspecified atom stereocenters. The lowest BCUT2D eigenvalue weighted by Crippen LogP contribution is -2.63. The van der Waals surface area contributed by atoms with Gasteiger partial charge in [0.2, 0.25) is 5.91 Å². The number of hydrogen-bond donors (Lipinski definition) is 1. The monoisotopic (exact) mass is 500 g/mol. The first-order valence-electron chi connectivity index (χ1n) is 12.2. The number of carbonyl (C=O) groups is 2. The van der Waals surface area contributed by atoms with Gasteiger partial charge in [-0.1, -0.05) is 6.07 Å². The van der Waals surface area contributed by atoms with Gasteiger partial charge >= 0.3 is 12.1 Å². The largest absolute Gasteiger partial charge is 0.466 e. The molecule has 0 saturated carbocycles. The zero-order valence-electron chi connectivity index (χ0n) is 20.2. The van der Waals surface area contributed by atoms with Crippen LogP contribution >= 0.6 is 0 Å². The van der Waals surface area contributed by atoms with E-state index < -0.39 is 11.9 Å². The van der Waals surface area contributed by atoms with E-state index in [1.165, 1.54) is 12.1 Å². The molecule has 1 aromatic heterocycles. The minimum Gasteiger partial charge on any atom is -0.466 e. The number of alkyl halides is 3. The van der Waals surface area contributed by atoms with Gasteiger partial charge in [-0.05, 0) is 38.3 Å². The molecule has 1 aromatic rings. The normalized spacial score (nSPS) is 19.3. The van der Waals surface area contributed by atoms with E-state index in [9.17, 15) is 22.8 Å². The molecular formula is C24H35F3N4O4. The quantitative estimate of drug-likeness (QED) is 0.494. The Labute approximate surface area is 204 Å². The first-order valence-corrected chi connectivity index (χ1v) is 12.2. The summed E-state index contributed by atoms with van der Waals surface area (Å²) in [5, 5.41) is 3.01. The summed E-state index contributed by atoms with van der Waals surface area (Å²) >= 11 is 0. The third-order valence-corrected chi connectivity index (χ3v) is 6.72. The Hall–Kier alpha value is -2.24. The van der Waals surface area contributed by atoms with E-state index in [1.807, 2.05) is 0 Å². The Bertz CT molecular complexity index is 838. The number of esters is 1. The summed E-state index contributed by atoms with van der Waals surface area (Å²) in [5.74, 6) is -0.387. The Morgan fingerprint density at radius 2 is 1.86 bits per heavy atom. The molecule has 11 heteroatoms. The van der Waals surface area contributed by atoms with E-state index in [2.05, 4.69) is 20.1 Å². The van der Waals surface area contributed by atoms with Crippen LogP contribution in [0.2, 0.25) is 0 Å². The van der Waals surface area contributed by atoms with Gasteiger partial charge in [0.25, 0.3) is 0 Å². The van der Waals surface area contributed by atoms with Crippen LogP contribution in [0.1, 0.15) is 44.0 Å². The van der Waals surface area contributed by atoms with Crippen molar-refractivity contribution in [2.75, 3.05) is 59.1 Å². The summed E-state index contributed by atoms with van der Waals surface area (Å²) in [6.45, 7) is 7.87. The van der Waals surface area contributed by atoms with Crippen molar-refractivity contribution in [1.29, 1.82) is 0 Å². The zero-order chi connectivity index (χ0) is 25.3. The number of aryl methyl sites for hydroxylation is 1. The van der Waals surface area contributed by atoms with Crippen molar-refractivity contribution in [3.63, 3.8) is 0 Å². The topological polar surface area (TPSA) is 84.0 Å². The lowest BCUT2D eigenvalue weighted by Gasteiger charge is -2.49. The summed E-state index contributed by atoms with van der Waals surface area (Å²) in [4.78, 5) is 32.5. The van der Waals surface area contributed by atoms with Gasteiger partial charge in [-0.25, -0.2) is 4.98 Å². The standard InChI is InChI=1S/C24H35F3N4O4/c1-2-35-22(33)8-11-30-12-14-31(15-13-30)23(9-16-34-17-10-23)18-28-21(32)7-6-19-4-3-5-20(29-19)24(25,26)27/h3-5H,2,6-18H2,1H3,(H,28,32). The number of ether oxygens (including phenoxy) is 2. The number of aromatic nitrogens is 1. The van der Waals surface area contributed by atoms with Crippen molar-refractivity contribution in [1.82, 2.24) is 20.1 Å². The van der Waals surface area contributed by atoms with E-state index in [0.717, 1.165) is 45.1 Å². The van der Waals surface area contributed by atoms with E-state index in [-0.39, 0.29) is 36.0 Å². The van der Waals surface area contributed by atoms with Crippen LogP contribution in [0.25, 0.3) is 0 Å². The van der Waals surface area contributed by atoms with Gasteiger partial charge in [-0.2, -0.15) is 13.2 Å². The fourth-order valence-electron chi connectivity index (χ4n) is 4.65. The number of hydrogen-bond acceptors (Lipinski definition) is 7. The number of pyridine rings is 1. The summed E-state index contributed by atoms with van der Waals surface area (Å²) in [7, 11) is 0. The highest BCUT2D eigenvalue weighted by Gasteiger charge is 2.40. The number of nitrogens with zero attached hydrogens (tertiary/aromatic N) is 3. The molecule has 2 aliphatic rings. The zero-order valence-corrected chi connectivity index (χ0v) is 20.2. The maximum absolute atomic E-state index is 12.9. The first-order chi connectivity index (χ1) is 16.7. The predicted octanol–water partition coefficient (Wildman–Crippen LogP) is 2.27. The predicted molar refractivity (Wildman–Crippen MR) is 123 cm³/mol. The average Bonchev–Trinajstić information content (AvgIpc) is 2.86. The van der Waals surface area contributed by atoms with Gasteiger partial charge < -0.3 is 19.7 Å². The third kappa shape index (κ3) is 8.15. The average molecular weight is 501 g/mol. The van der Waals surface area contributed by atoms with Crippen LogP contribution in [-0.2, 0) is 31.7 Å². The van der Waals surface area contributed by atoms with Crippen LogP contribution in [0, 0.1) is 0 Å². The van der Waals surface area contributed by atoms with Crippen molar-refractivity contribution in [2.24, 2.45) is 0 Å². The lowest BCUT2D eigenvalue weighted by molar-refractivity contribution is -0.143. The Morgan fingerprint density at radius 3 is 2.51 bits per heavy atom. The minimum atomic E-state index is -4.50. The summed E-state index contributed by atoms with van der Waals surface area (Å²) in [6.07, 6.45) is -2.32. The molecule has 0 radical (unpaired) electrons. The van der Waals surface area contributed by atoms with Crippen molar-refractivity contribution in [3.05, 3.63) is 29.6 Å². The second kappa shape index (κ2) is 12.6. The number of piperazine rings is 1. The third-order valence-electron chi connectivity index (χ3n) is 6.72. The van der Waals surface area contributed by atoms with Gasteiger partial charge in [0.1, 0.15) is 5.69 Å². The molecule has 3 heterocycles. The molecule has 0 bridgehead atoms. The number of carbonyl (C=O) groups excluding carboxylic acids is 2. The van der Waals surface area contributed by atoms with Crippen LogP contribution in [0.15, 0.2) is 18.2 Å². The Balaban J connectivity index is 1.49. The van der Waals surface area contributed by atoms with Crippen LogP contribution in [0.5, 0.6) is 0 Å². The maximum Gasteiger partial charge on any atom is 0.433 e. The molecule has 196 valence electrons. The summed E-state index contributed by atoms with van der Waals surface area (Å²) in [5.41, 5.74) is -0.914. The number of halogens is 3. The summed E-state index contributed by atoms with van der Waals surface area (Å²) in [6, 6.07) is 3.74. The Morgan fingerprint density at radius 1 is 1.14 bits per heavy atom. The van der Waals surface area contributed by atoms with E-state index in [0.29, 0.717) is 39.3 Å². The molecule has 2 aliphatic heterocycles. The number of nitrogens with one attached hydrogen (secondary N) is 1. The molecule has 1 amide bonds. The molecule has 2 saturated heterocycles. The fourth-order valence-corrected chi connectivity index (χ4v) is 4.65. The lowest BCUT2D eigenvalue weighted by atomic mass is 9.87. The molecule has 3 rings (SSSR count). The van der Waals surface area contributed by atoms with Crippen LogP contribution in [-0.4, -0.2) is 91.3 Å². The molecule has 0 atom stereocenters. The SMILES string of the molecule is CCOC(=O)CCN1CCN(C2(CNC(=O)CCc3cccc(C(F)(F)F)n3)CCOCC2)CC1. The molecular weight excluding hydrogens is 465 g/mol. The fraction of sp³-hybridized carbons (Fsp3) is 0.708. The number of amides is 1. The Kier molecular flexibility index (Phi) is 9.88. The minimum absolute atomic E-state index is 0.0720. The number of rotatable bonds is 10. The van der Waals surface area contributed by atoms with Gasteiger partial charge in [-0.3, -0.25) is 14.5 Å². The van der Waals surface area contributed by atoms with Gasteiger partial charge in [0.15, 0.2) is 0 Å². The van der Waals surface area contributed by atoms with Crippen molar-refractivity contribution >= 4 is 11.9 Å². The second-order valence-corrected chi connectivity index (χ2v) is 9.01. The second-order valence-electron chi connectivity index (χ2n) is 9.01. The summed E-state index contributed by atoms with van der Waals surface area (Å²) < 4.78 is 49.2. The molecule has 1 N–H and O–H groups in total. The van der Waals surface area contributed by atoms with E-state index in [1.54, 1.807) is 6.92 Å². The van der Waals surface area contributed by atoms with Gasteiger partial charge in [-0.15, -0.1) is 0 Å². The van der Waals surface area contributed by atoms with Gasteiger partial charge in [0, 0.05) is 70.1 Å². The van der Waals surface area contributed by atoms with E-state index >= 15 is 0 Å². The first kappa shape index (κ1) is 27.3. The van der Waals surface area contributed by atoms with Crippen molar-refractivity contribution < 1.29 is 32.2 Å². The maximum atomic E-state index is 12.9. The van der Waals surface area contributed by atoms with Crippen LogP contribution in [0.3, 0.4) is 0 Å². The van der Waals surface area contributed by atoms with Crippen LogP contribution in [0.4, 0.5) is 13.2 Å². The molecule has 0 aromatic carbocycles.